The van der Waals surface area contributed by atoms with Crippen LogP contribution in [0.2, 0.25) is 15.1 Å². The van der Waals surface area contributed by atoms with Crippen LogP contribution in [0.3, 0.4) is 0 Å². The van der Waals surface area contributed by atoms with E-state index >= 15 is 0 Å². The summed E-state index contributed by atoms with van der Waals surface area (Å²) in [5.41, 5.74) is 1.17. The molecule has 0 spiro atoms. The van der Waals surface area contributed by atoms with Crippen LogP contribution in [0.15, 0.2) is 64.6 Å². The monoisotopic (exact) mass is 607 g/mol. The first-order chi connectivity index (χ1) is 17.2. The number of para-hydroxylation sites is 1. The van der Waals surface area contributed by atoms with Crippen molar-refractivity contribution in [3.05, 3.63) is 85.3 Å². The Morgan fingerprint density at radius 2 is 1.78 bits per heavy atom. The molecule has 3 aromatic rings. The van der Waals surface area contributed by atoms with Crippen molar-refractivity contribution in [2.45, 2.75) is 0 Å². The van der Waals surface area contributed by atoms with Gasteiger partial charge < -0.3 is 20.1 Å². The molecule has 0 aromatic heterocycles. The molecular weight excluding hydrogens is 593 g/mol. The lowest BCUT2D eigenvalue weighted by Crippen LogP contribution is -2.20. The lowest BCUT2D eigenvalue weighted by Gasteiger charge is -2.14. The Morgan fingerprint density at radius 3 is 2.44 bits per heavy atom. The van der Waals surface area contributed by atoms with Gasteiger partial charge in [-0.1, -0.05) is 46.9 Å². The average molecular weight is 610 g/mol. The highest BCUT2D eigenvalue weighted by atomic mass is 79.9. The van der Waals surface area contributed by atoms with Gasteiger partial charge in [-0.15, -0.1) is 0 Å². The number of ether oxygens (including phenoxy) is 2. The van der Waals surface area contributed by atoms with Crippen LogP contribution in [0.5, 0.6) is 11.5 Å². The Balaban J connectivity index is 1.74. The summed E-state index contributed by atoms with van der Waals surface area (Å²) in [4.78, 5) is 24.9. The van der Waals surface area contributed by atoms with Crippen molar-refractivity contribution in [3.8, 4) is 17.6 Å². The zero-order valence-corrected chi connectivity index (χ0v) is 22.4. The smallest absolute Gasteiger partial charge is 0.266 e. The summed E-state index contributed by atoms with van der Waals surface area (Å²) in [6.45, 7) is -0.325. The van der Waals surface area contributed by atoms with E-state index in [-0.39, 0.29) is 23.7 Å². The van der Waals surface area contributed by atoms with E-state index in [2.05, 4.69) is 26.6 Å². The molecule has 3 rings (SSSR count). The Bertz CT molecular complexity index is 1390. The van der Waals surface area contributed by atoms with Crippen molar-refractivity contribution in [3.63, 3.8) is 0 Å². The highest BCUT2D eigenvalue weighted by Crippen LogP contribution is 2.37. The summed E-state index contributed by atoms with van der Waals surface area (Å²) < 4.78 is 11.5. The molecular formula is C25H17BrCl3N3O4. The molecule has 0 aliphatic heterocycles. The van der Waals surface area contributed by atoms with Crippen molar-refractivity contribution in [2.24, 2.45) is 0 Å². The van der Waals surface area contributed by atoms with Crippen LogP contribution in [0, 0.1) is 11.3 Å². The molecule has 184 valence electrons. The first-order valence-corrected chi connectivity index (χ1v) is 12.1. The van der Waals surface area contributed by atoms with Crippen LogP contribution in [-0.4, -0.2) is 25.5 Å². The minimum absolute atomic E-state index is 0.154. The van der Waals surface area contributed by atoms with Crippen LogP contribution in [0.25, 0.3) is 6.08 Å². The van der Waals surface area contributed by atoms with E-state index in [0.717, 1.165) is 0 Å². The second kappa shape index (κ2) is 12.7. The van der Waals surface area contributed by atoms with E-state index in [4.69, 9.17) is 44.3 Å². The molecule has 0 saturated heterocycles. The maximum absolute atomic E-state index is 12.6. The first-order valence-electron chi connectivity index (χ1n) is 10.1. The molecule has 0 bridgehead atoms. The number of nitriles is 1. The van der Waals surface area contributed by atoms with Crippen molar-refractivity contribution in [1.29, 1.82) is 5.26 Å². The van der Waals surface area contributed by atoms with Crippen LogP contribution < -0.4 is 20.1 Å². The molecule has 3 aromatic carbocycles. The van der Waals surface area contributed by atoms with Gasteiger partial charge in [0.15, 0.2) is 18.1 Å². The Morgan fingerprint density at radius 1 is 1.03 bits per heavy atom. The summed E-state index contributed by atoms with van der Waals surface area (Å²) in [5, 5.41) is 15.8. The lowest BCUT2D eigenvalue weighted by atomic mass is 10.1. The molecule has 11 heteroatoms. The number of halogens is 4. The highest BCUT2D eigenvalue weighted by Gasteiger charge is 2.16. The van der Waals surface area contributed by atoms with Gasteiger partial charge in [0.2, 0.25) is 0 Å². The van der Waals surface area contributed by atoms with Gasteiger partial charge in [-0.2, -0.15) is 5.26 Å². The number of benzene rings is 3. The summed E-state index contributed by atoms with van der Waals surface area (Å²) >= 11 is 21.3. The number of nitrogens with zero attached hydrogens (tertiary/aromatic N) is 1. The van der Waals surface area contributed by atoms with E-state index < -0.39 is 11.8 Å². The maximum Gasteiger partial charge on any atom is 0.266 e. The predicted octanol–water partition coefficient (Wildman–Crippen LogP) is 6.98. The largest absolute Gasteiger partial charge is 0.493 e. The molecule has 0 fully saturated rings. The number of rotatable bonds is 8. The standard InChI is InChI=1S/C25H17BrCl3N3O4/c1-35-22-10-14(8-15(12-30)25(34)32-21-5-3-2-4-19(21)28)9-17(26)24(22)36-13-23(33)31-16-6-7-18(27)20(29)11-16/h2-11H,13H2,1H3,(H,31,33)(H,32,34)/b15-8+. The van der Waals surface area contributed by atoms with Gasteiger partial charge in [0.05, 0.1) is 32.3 Å². The minimum atomic E-state index is -0.625. The maximum atomic E-state index is 12.6. The van der Waals surface area contributed by atoms with Crippen LogP contribution in [-0.2, 0) is 9.59 Å². The number of nitrogens with one attached hydrogen (secondary N) is 2. The van der Waals surface area contributed by atoms with Crippen molar-refractivity contribution < 1.29 is 19.1 Å². The van der Waals surface area contributed by atoms with E-state index in [1.54, 1.807) is 48.5 Å². The average Bonchev–Trinajstić information content (AvgIpc) is 2.85. The first kappa shape index (κ1) is 27.4. The van der Waals surface area contributed by atoms with Crippen LogP contribution in [0.4, 0.5) is 11.4 Å². The normalized spacial score (nSPS) is 10.8. The molecule has 0 aliphatic rings. The third kappa shape index (κ3) is 7.15. The molecule has 0 unspecified atom stereocenters. The number of hydrogen-bond donors (Lipinski definition) is 2. The van der Waals surface area contributed by atoms with Crippen LogP contribution >= 0.6 is 50.7 Å². The molecule has 2 amide bonds. The lowest BCUT2D eigenvalue weighted by molar-refractivity contribution is -0.118. The fraction of sp³-hybridized carbons (Fsp3) is 0.0800. The third-order valence-corrected chi connectivity index (χ3v) is 6.26. The van der Waals surface area contributed by atoms with Gasteiger partial charge in [-0.25, -0.2) is 0 Å². The van der Waals surface area contributed by atoms with Crippen molar-refractivity contribution in [2.75, 3.05) is 24.4 Å². The summed E-state index contributed by atoms with van der Waals surface area (Å²) in [5.74, 6) is -0.519. The van der Waals surface area contributed by atoms with E-state index in [1.807, 2.05) is 6.07 Å². The van der Waals surface area contributed by atoms with E-state index in [0.29, 0.717) is 36.5 Å². The van der Waals surface area contributed by atoms with E-state index in [1.165, 1.54) is 19.3 Å². The zero-order valence-electron chi connectivity index (χ0n) is 18.6. The molecule has 36 heavy (non-hydrogen) atoms. The van der Waals surface area contributed by atoms with Crippen molar-refractivity contribution >= 4 is 80.0 Å². The number of anilines is 2. The second-order valence-electron chi connectivity index (χ2n) is 7.10. The predicted molar refractivity (Wildman–Crippen MR) is 145 cm³/mol. The number of carbonyl (C=O) groups is 2. The molecule has 2 N–H and O–H groups in total. The fourth-order valence-electron chi connectivity index (χ4n) is 2.94. The Labute approximate surface area is 230 Å². The number of hydrogen-bond acceptors (Lipinski definition) is 5. The van der Waals surface area contributed by atoms with Crippen LogP contribution in [0.1, 0.15) is 5.56 Å². The third-order valence-electron chi connectivity index (χ3n) is 4.60. The minimum Gasteiger partial charge on any atom is -0.493 e. The van der Waals surface area contributed by atoms with Crippen molar-refractivity contribution in [1.82, 2.24) is 0 Å². The number of methoxy groups -OCH3 is 1. The van der Waals surface area contributed by atoms with Gasteiger partial charge in [-0.3, -0.25) is 9.59 Å². The Hall–Kier alpha value is -3.22. The second-order valence-corrected chi connectivity index (χ2v) is 9.18. The topological polar surface area (TPSA) is 100 Å². The summed E-state index contributed by atoms with van der Waals surface area (Å²) in [6, 6.07) is 16.4. The van der Waals surface area contributed by atoms with E-state index in [9.17, 15) is 14.9 Å². The number of carbonyl (C=O) groups excluding carboxylic acids is 2. The fourth-order valence-corrected chi connectivity index (χ4v) is 3.99. The van der Waals surface area contributed by atoms with Gasteiger partial charge in [0, 0.05) is 5.69 Å². The summed E-state index contributed by atoms with van der Waals surface area (Å²) in [7, 11) is 1.42. The van der Waals surface area contributed by atoms with Gasteiger partial charge >= 0.3 is 0 Å². The summed E-state index contributed by atoms with van der Waals surface area (Å²) in [6.07, 6.45) is 1.39. The Kier molecular flexibility index (Phi) is 9.62. The molecule has 0 radical (unpaired) electrons. The highest BCUT2D eigenvalue weighted by molar-refractivity contribution is 9.10. The molecule has 0 aliphatic carbocycles. The van der Waals surface area contributed by atoms with Gasteiger partial charge in [-0.05, 0) is 70.0 Å². The zero-order chi connectivity index (χ0) is 26.2. The molecule has 7 nitrogen and oxygen atoms in total. The SMILES string of the molecule is COc1cc(/C=C(\C#N)C(=O)Nc2ccccc2Cl)cc(Br)c1OCC(=O)Nc1ccc(Cl)c(Cl)c1. The molecule has 0 heterocycles. The number of amides is 2. The molecule has 0 saturated carbocycles. The molecule has 0 atom stereocenters. The van der Waals surface area contributed by atoms with Gasteiger partial charge in [0.25, 0.3) is 11.8 Å². The van der Waals surface area contributed by atoms with Gasteiger partial charge in [0.1, 0.15) is 11.6 Å². The quantitative estimate of drug-likeness (QED) is 0.212.